The molecule has 2 aromatic rings. The zero-order valence-electron chi connectivity index (χ0n) is 10.6. The predicted octanol–water partition coefficient (Wildman–Crippen LogP) is 0.597. The minimum atomic E-state index is -3.69. The summed E-state index contributed by atoms with van der Waals surface area (Å²) >= 11 is 0. The number of hydrogen-bond acceptors (Lipinski definition) is 4. The molecule has 0 aliphatic rings. The van der Waals surface area contributed by atoms with Gasteiger partial charge in [0.25, 0.3) is 0 Å². The number of carbonyl (C=O) groups is 1. The molecule has 0 bridgehead atoms. The number of rotatable bonds is 5. The predicted molar refractivity (Wildman–Crippen MR) is 70.6 cm³/mol. The third-order valence-electron chi connectivity index (χ3n) is 2.75. The summed E-state index contributed by atoms with van der Waals surface area (Å²) in [6.07, 6.45) is 3.29. The van der Waals surface area contributed by atoms with Crippen molar-refractivity contribution in [3.8, 4) is 0 Å². The van der Waals surface area contributed by atoms with Crippen molar-refractivity contribution in [1.29, 1.82) is 0 Å². The lowest BCUT2D eigenvalue weighted by atomic mass is 10.2. The third kappa shape index (κ3) is 3.03. The SMILES string of the molecule is Cn1ccnc1CNS(=O)(=O)c1ccc(C(=O)O)cc1. The molecule has 2 rings (SSSR count). The normalized spacial score (nSPS) is 11.4. The molecule has 0 aliphatic heterocycles. The van der Waals surface area contributed by atoms with Gasteiger partial charge >= 0.3 is 5.97 Å². The van der Waals surface area contributed by atoms with Crippen LogP contribution in [0.5, 0.6) is 0 Å². The van der Waals surface area contributed by atoms with Gasteiger partial charge in [-0.1, -0.05) is 0 Å². The van der Waals surface area contributed by atoms with Gasteiger partial charge in [-0.15, -0.1) is 0 Å². The average Bonchev–Trinajstić information content (AvgIpc) is 2.82. The van der Waals surface area contributed by atoms with Gasteiger partial charge in [-0.2, -0.15) is 0 Å². The van der Waals surface area contributed by atoms with E-state index in [1.54, 1.807) is 24.0 Å². The van der Waals surface area contributed by atoms with Gasteiger partial charge in [0.1, 0.15) is 5.82 Å². The molecule has 0 saturated carbocycles. The number of imidazole rings is 1. The highest BCUT2D eigenvalue weighted by Crippen LogP contribution is 2.11. The Morgan fingerprint density at radius 3 is 2.50 bits per heavy atom. The highest BCUT2D eigenvalue weighted by atomic mass is 32.2. The number of carboxylic acids is 1. The van der Waals surface area contributed by atoms with Crippen molar-refractivity contribution in [3.05, 3.63) is 48.0 Å². The molecule has 0 unspecified atom stereocenters. The first-order chi connectivity index (χ1) is 9.40. The number of benzene rings is 1. The van der Waals surface area contributed by atoms with Crippen LogP contribution in [0.25, 0.3) is 0 Å². The Morgan fingerprint density at radius 1 is 1.35 bits per heavy atom. The number of nitrogens with one attached hydrogen (secondary N) is 1. The standard InChI is InChI=1S/C12H13N3O4S/c1-15-7-6-13-11(15)8-14-20(18,19)10-4-2-9(3-5-10)12(16)17/h2-7,14H,8H2,1H3,(H,16,17). The fraction of sp³-hybridized carbons (Fsp3) is 0.167. The van der Waals surface area contributed by atoms with Crippen LogP contribution in [0.1, 0.15) is 16.2 Å². The minimum Gasteiger partial charge on any atom is -0.478 e. The van der Waals surface area contributed by atoms with E-state index in [4.69, 9.17) is 5.11 Å². The van der Waals surface area contributed by atoms with E-state index in [2.05, 4.69) is 9.71 Å². The first kappa shape index (κ1) is 14.2. The second-order valence-corrected chi connectivity index (χ2v) is 5.88. The van der Waals surface area contributed by atoms with E-state index in [1.165, 1.54) is 24.3 Å². The first-order valence-corrected chi connectivity index (χ1v) is 7.18. The Bertz CT molecular complexity index is 719. The molecule has 0 amide bonds. The summed E-state index contributed by atoms with van der Waals surface area (Å²) in [4.78, 5) is 14.7. The Labute approximate surface area is 115 Å². The van der Waals surface area contributed by atoms with Crippen LogP contribution < -0.4 is 4.72 Å². The summed E-state index contributed by atoms with van der Waals surface area (Å²) in [6, 6.07) is 5.00. The molecule has 0 spiro atoms. The fourth-order valence-electron chi connectivity index (χ4n) is 1.59. The highest BCUT2D eigenvalue weighted by molar-refractivity contribution is 7.89. The van der Waals surface area contributed by atoms with E-state index < -0.39 is 16.0 Å². The van der Waals surface area contributed by atoms with Gasteiger partial charge in [-0.25, -0.2) is 22.9 Å². The zero-order valence-corrected chi connectivity index (χ0v) is 11.5. The van der Waals surface area contributed by atoms with Crippen molar-refractivity contribution in [2.24, 2.45) is 7.05 Å². The second-order valence-electron chi connectivity index (χ2n) is 4.11. The largest absolute Gasteiger partial charge is 0.478 e. The van der Waals surface area contributed by atoms with Crippen molar-refractivity contribution in [2.45, 2.75) is 11.4 Å². The number of aryl methyl sites for hydroxylation is 1. The van der Waals surface area contributed by atoms with Gasteiger partial charge in [0, 0.05) is 19.4 Å². The summed E-state index contributed by atoms with van der Waals surface area (Å²) < 4.78 is 28.2. The molecule has 7 nitrogen and oxygen atoms in total. The molecule has 20 heavy (non-hydrogen) atoms. The monoisotopic (exact) mass is 295 g/mol. The quantitative estimate of drug-likeness (QED) is 0.841. The molecule has 106 valence electrons. The maximum atomic E-state index is 12.0. The van der Waals surface area contributed by atoms with Crippen molar-refractivity contribution in [1.82, 2.24) is 14.3 Å². The molecule has 0 radical (unpaired) electrons. The Morgan fingerprint density at radius 2 is 2.00 bits per heavy atom. The van der Waals surface area contributed by atoms with Crippen LogP contribution in [0.15, 0.2) is 41.6 Å². The summed E-state index contributed by atoms with van der Waals surface area (Å²) in [7, 11) is -1.93. The zero-order chi connectivity index (χ0) is 14.8. The van der Waals surface area contributed by atoms with Crippen molar-refractivity contribution < 1.29 is 18.3 Å². The van der Waals surface area contributed by atoms with Gasteiger partial charge in [-0.05, 0) is 24.3 Å². The molecule has 1 heterocycles. The molecular weight excluding hydrogens is 282 g/mol. The van der Waals surface area contributed by atoms with Crippen LogP contribution in [0.4, 0.5) is 0 Å². The van der Waals surface area contributed by atoms with Crippen molar-refractivity contribution >= 4 is 16.0 Å². The third-order valence-corrected chi connectivity index (χ3v) is 4.17. The molecule has 0 atom stereocenters. The lowest BCUT2D eigenvalue weighted by Crippen LogP contribution is -2.24. The van der Waals surface area contributed by atoms with Crippen LogP contribution in [-0.2, 0) is 23.6 Å². The summed E-state index contributed by atoms with van der Waals surface area (Å²) in [6.45, 7) is 0.0620. The van der Waals surface area contributed by atoms with E-state index in [1.807, 2.05) is 0 Å². The van der Waals surface area contributed by atoms with Crippen molar-refractivity contribution in [3.63, 3.8) is 0 Å². The summed E-state index contributed by atoms with van der Waals surface area (Å²) in [5.41, 5.74) is 0.0352. The Hall–Kier alpha value is -2.19. The number of aromatic nitrogens is 2. The average molecular weight is 295 g/mol. The number of nitrogens with zero attached hydrogens (tertiary/aromatic N) is 2. The number of sulfonamides is 1. The number of aromatic carboxylic acids is 1. The maximum absolute atomic E-state index is 12.0. The lowest BCUT2D eigenvalue weighted by molar-refractivity contribution is 0.0696. The molecule has 2 N–H and O–H groups in total. The molecule has 0 aliphatic carbocycles. The Balaban J connectivity index is 2.14. The smallest absolute Gasteiger partial charge is 0.335 e. The van der Waals surface area contributed by atoms with E-state index in [9.17, 15) is 13.2 Å². The molecule has 8 heteroatoms. The van der Waals surface area contributed by atoms with Gasteiger partial charge in [0.05, 0.1) is 17.0 Å². The number of carboxylic acid groups (broad SMARTS) is 1. The van der Waals surface area contributed by atoms with Gasteiger partial charge < -0.3 is 9.67 Å². The topological polar surface area (TPSA) is 101 Å². The van der Waals surface area contributed by atoms with Crippen LogP contribution in [-0.4, -0.2) is 29.0 Å². The van der Waals surface area contributed by atoms with E-state index >= 15 is 0 Å². The van der Waals surface area contributed by atoms with E-state index in [-0.39, 0.29) is 17.0 Å². The molecule has 1 aromatic heterocycles. The molecule has 0 fully saturated rings. The maximum Gasteiger partial charge on any atom is 0.335 e. The van der Waals surface area contributed by atoms with Crippen LogP contribution in [0, 0.1) is 0 Å². The van der Waals surface area contributed by atoms with E-state index in [0.29, 0.717) is 5.82 Å². The lowest BCUT2D eigenvalue weighted by Gasteiger charge is -2.07. The first-order valence-electron chi connectivity index (χ1n) is 5.69. The van der Waals surface area contributed by atoms with Gasteiger partial charge in [-0.3, -0.25) is 0 Å². The van der Waals surface area contributed by atoms with Gasteiger partial charge in [0.2, 0.25) is 10.0 Å². The van der Waals surface area contributed by atoms with Crippen LogP contribution in [0.2, 0.25) is 0 Å². The molecular formula is C12H13N3O4S. The minimum absolute atomic E-state index is 0.0108. The van der Waals surface area contributed by atoms with E-state index in [0.717, 1.165) is 0 Å². The molecule has 1 aromatic carbocycles. The van der Waals surface area contributed by atoms with Crippen molar-refractivity contribution in [2.75, 3.05) is 0 Å². The fourth-order valence-corrected chi connectivity index (χ4v) is 2.57. The summed E-state index contributed by atoms with van der Waals surface area (Å²) in [5.74, 6) is -0.523. The summed E-state index contributed by atoms with van der Waals surface area (Å²) in [5, 5.41) is 8.76. The highest BCUT2D eigenvalue weighted by Gasteiger charge is 2.15. The molecule has 0 saturated heterocycles. The second kappa shape index (κ2) is 5.43. The van der Waals surface area contributed by atoms with Gasteiger partial charge in [0.15, 0.2) is 0 Å². The number of hydrogen-bond donors (Lipinski definition) is 2. The Kier molecular flexibility index (Phi) is 3.86. The van der Waals surface area contributed by atoms with Crippen LogP contribution in [0.3, 0.4) is 0 Å². The van der Waals surface area contributed by atoms with Crippen LogP contribution >= 0.6 is 0 Å².